The standard InChI is InChI=1S/C18H21N3OS.2ClH/c22-17(21-10-7-18(8-11-21)6-9-19-13-18)15-12-23-16(20-15)14-4-2-1-3-5-14;;/h1-5,12,19H,6-11,13H2;2*1H. The van der Waals surface area contributed by atoms with E-state index in [2.05, 4.69) is 10.3 Å². The molecule has 0 saturated carbocycles. The number of carbonyl (C=O) groups is 1. The van der Waals surface area contributed by atoms with Crippen molar-refractivity contribution in [2.24, 2.45) is 5.41 Å². The summed E-state index contributed by atoms with van der Waals surface area (Å²) in [5.74, 6) is 0.0873. The summed E-state index contributed by atoms with van der Waals surface area (Å²) < 4.78 is 0. The predicted octanol–water partition coefficient (Wildman–Crippen LogP) is 3.87. The van der Waals surface area contributed by atoms with Crippen LogP contribution in [-0.2, 0) is 0 Å². The molecule has 25 heavy (non-hydrogen) atoms. The number of rotatable bonds is 2. The van der Waals surface area contributed by atoms with E-state index < -0.39 is 0 Å². The molecule has 2 aliphatic heterocycles. The molecular weight excluding hydrogens is 377 g/mol. The Balaban J connectivity index is 0.00000113. The SMILES string of the molecule is Cl.Cl.O=C(c1csc(-c2ccccc2)n1)N1CCC2(CCNC2)CC1. The first kappa shape index (κ1) is 20.2. The van der Waals surface area contributed by atoms with Crippen LogP contribution in [0.15, 0.2) is 35.7 Å². The van der Waals surface area contributed by atoms with Gasteiger partial charge >= 0.3 is 0 Å². The molecule has 0 aliphatic carbocycles. The van der Waals surface area contributed by atoms with Crippen molar-refractivity contribution in [1.29, 1.82) is 0 Å². The summed E-state index contributed by atoms with van der Waals surface area (Å²) in [6.07, 6.45) is 3.48. The normalized spacial score (nSPS) is 18.5. The Morgan fingerprint density at radius 1 is 1.12 bits per heavy atom. The largest absolute Gasteiger partial charge is 0.337 e. The number of benzene rings is 1. The smallest absolute Gasteiger partial charge is 0.273 e. The van der Waals surface area contributed by atoms with Gasteiger partial charge in [-0.1, -0.05) is 30.3 Å². The van der Waals surface area contributed by atoms with Crippen LogP contribution in [0.5, 0.6) is 0 Å². The van der Waals surface area contributed by atoms with E-state index >= 15 is 0 Å². The van der Waals surface area contributed by atoms with Gasteiger partial charge in [-0.3, -0.25) is 4.79 Å². The summed E-state index contributed by atoms with van der Waals surface area (Å²) in [7, 11) is 0. The predicted molar refractivity (Wildman–Crippen MR) is 107 cm³/mol. The molecular formula is C18H23Cl2N3OS. The van der Waals surface area contributed by atoms with Gasteiger partial charge in [0.1, 0.15) is 10.7 Å². The van der Waals surface area contributed by atoms with Crippen LogP contribution < -0.4 is 5.32 Å². The number of piperidine rings is 1. The molecule has 2 aliphatic rings. The molecule has 2 fully saturated rings. The third kappa shape index (κ3) is 4.17. The highest BCUT2D eigenvalue weighted by atomic mass is 35.5. The van der Waals surface area contributed by atoms with Gasteiger partial charge in [-0.25, -0.2) is 4.98 Å². The van der Waals surface area contributed by atoms with E-state index in [-0.39, 0.29) is 30.7 Å². The topological polar surface area (TPSA) is 45.2 Å². The zero-order valence-corrected chi connectivity index (χ0v) is 16.4. The fraction of sp³-hybridized carbons (Fsp3) is 0.444. The van der Waals surface area contributed by atoms with Crippen LogP contribution in [0.2, 0.25) is 0 Å². The third-order valence-corrected chi connectivity index (χ3v) is 6.08. The lowest BCUT2D eigenvalue weighted by molar-refractivity contribution is 0.0603. The second-order valence-electron chi connectivity index (χ2n) is 6.62. The fourth-order valence-corrected chi connectivity index (χ4v) is 4.45. The Morgan fingerprint density at radius 3 is 2.48 bits per heavy atom. The van der Waals surface area contributed by atoms with Crippen LogP contribution in [0.4, 0.5) is 0 Å². The number of amides is 1. The second kappa shape index (κ2) is 8.49. The number of hydrogen-bond acceptors (Lipinski definition) is 4. The first-order valence-corrected chi connectivity index (χ1v) is 9.15. The van der Waals surface area contributed by atoms with Crippen molar-refractivity contribution in [2.75, 3.05) is 26.2 Å². The van der Waals surface area contributed by atoms with Crippen molar-refractivity contribution in [3.05, 3.63) is 41.4 Å². The lowest BCUT2D eigenvalue weighted by Gasteiger charge is -2.38. The van der Waals surface area contributed by atoms with Crippen LogP contribution in [0.25, 0.3) is 10.6 Å². The minimum absolute atomic E-state index is 0. The maximum absolute atomic E-state index is 12.7. The summed E-state index contributed by atoms with van der Waals surface area (Å²) >= 11 is 1.55. The number of likely N-dealkylation sites (tertiary alicyclic amines) is 1. The Bertz CT molecular complexity index is 691. The van der Waals surface area contributed by atoms with Crippen LogP contribution in [-0.4, -0.2) is 42.0 Å². The molecule has 7 heteroatoms. The Kier molecular flexibility index (Phi) is 6.86. The molecule has 1 spiro atoms. The molecule has 0 unspecified atom stereocenters. The molecule has 0 atom stereocenters. The van der Waals surface area contributed by atoms with Gasteiger partial charge in [-0.05, 0) is 31.2 Å². The first-order chi connectivity index (χ1) is 11.3. The van der Waals surface area contributed by atoms with Crippen LogP contribution in [0, 0.1) is 5.41 Å². The van der Waals surface area contributed by atoms with Crippen molar-refractivity contribution in [2.45, 2.75) is 19.3 Å². The molecule has 4 rings (SSSR count). The van der Waals surface area contributed by atoms with E-state index in [1.807, 2.05) is 40.6 Å². The van der Waals surface area contributed by atoms with Crippen molar-refractivity contribution in [1.82, 2.24) is 15.2 Å². The average molecular weight is 400 g/mol. The van der Waals surface area contributed by atoms with Gasteiger partial charge in [-0.15, -0.1) is 36.2 Å². The molecule has 1 aromatic carbocycles. The van der Waals surface area contributed by atoms with Crippen molar-refractivity contribution in [3.8, 4) is 10.6 Å². The van der Waals surface area contributed by atoms with E-state index in [1.165, 1.54) is 6.42 Å². The zero-order chi connectivity index (χ0) is 15.7. The van der Waals surface area contributed by atoms with Gasteiger partial charge in [0.15, 0.2) is 0 Å². The second-order valence-corrected chi connectivity index (χ2v) is 7.48. The molecule has 2 aromatic rings. The number of aromatic nitrogens is 1. The van der Waals surface area contributed by atoms with E-state index in [4.69, 9.17) is 0 Å². The highest BCUT2D eigenvalue weighted by Crippen LogP contribution is 2.37. The minimum Gasteiger partial charge on any atom is -0.337 e. The molecule has 136 valence electrons. The molecule has 4 nitrogen and oxygen atoms in total. The minimum atomic E-state index is 0. The van der Waals surface area contributed by atoms with Crippen molar-refractivity contribution in [3.63, 3.8) is 0 Å². The maximum atomic E-state index is 12.7. The van der Waals surface area contributed by atoms with Crippen molar-refractivity contribution >= 4 is 42.1 Å². The Morgan fingerprint density at radius 2 is 1.84 bits per heavy atom. The molecule has 1 aromatic heterocycles. The number of thiazole rings is 1. The highest BCUT2D eigenvalue weighted by Gasteiger charge is 2.38. The maximum Gasteiger partial charge on any atom is 0.273 e. The van der Waals surface area contributed by atoms with Crippen molar-refractivity contribution < 1.29 is 4.79 Å². The van der Waals surface area contributed by atoms with Gasteiger partial charge in [0, 0.05) is 30.6 Å². The lowest BCUT2D eigenvalue weighted by Crippen LogP contribution is -2.44. The summed E-state index contributed by atoms with van der Waals surface area (Å²) in [5.41, 5.74) is 2.11. The molecule has 0 bridgehead atoms. The van der Waals surface area contributed by atoms with E-state index in [1.54, 1.807) is 11.3 Å². The van der Waals surface area contributed by atoms with E-state index in [0.717, 1.165) is 49.6 Å². The zero-order valence-electron chi connectivity index (χ0n) is 13.9. The van der Waals surface area contributed by atoms with Gasteiger partial charge in [0.2, 0.25) is 0 Å². The molecule has 3 heterocycles. The quantitative estimate of drug-likeness (QED) is 0.833. The van der Waals surface area contributed by atoms with Crippen LogP contribution >= 0.6 is 36.2 Å². The monoisotopic (exact) mass is 399 g/mol. The Labute approximate surface area is 164 Å². The first-order valence-electron chi connectivity index (χ1n) is 8.27. The van der Waals surface area contributed by atoms with E-state index in [9.17, 15) is 4.79 Å². The summed E-state index contributed by atoms with van der Waals surface area (Å²) in [6, 6.07) is 10.1. The summed E-state index contributed by atoms with van der Waals surface area (Å²) in [4.78, 5) is 19.2. The molecule has 1 N–H and O–H groups in total. The summed E-state index contributed by atoms with van der Waals surface area (Å²) in [6.45, 7) is 3.96. The van der Waals surface area contributed by atoms with Crippen LogP contribution in [0.1, 0.15) is 29.8 Å². The number of halogens is 2. The lowest BCUT2D eigenvalue weighted by atomic mass is 9.78. The summed E-state index contributed by atoms with van der Waals surface area (Å²) in [5, 5.41) is 6.28. The van der Waals surface area contributed by atoms with Gasteiger partial charge in [-0.2, -0.15) is 0 Å². The Hall–Kier alpha value is -1.14. The van der Waals surface area contributed by atoms with Gasteiger partial charge in [0.25, 0.3) is 5.91 Å². The third-order valence-electron chi connectivity index (χ3n) is 5.19. The van der Waals surface area contributed by atoms with Crippen LogP contribution in [0.3, 0.4) is 0 Å². The average Bonchev–Trinajstić information content (AvgIpc) is 3.26. The number of hydrogen-bond donors (Lipinski definition) is 1. The molecule has 1 amide bonds. The fourth-order valence-electron chi connectivity index (χ4n) is 3.65. The van der Waals surface area contributed by atoms with Gasteiger partial charge in [0.05, 0.1) is 0 Å². The highest BCUT2D eigenvalue weighted by molar-refractivity contribution is 7.13. The molecule has 0 radical (unpaired) electrons. The molecule has 2 saturated heterocycles. The number of carbonyl (C=O) groups excluding carboxylic acids is 1. The number of nitrogens with one attached hydrogen (secondary N) is 1. The van der Waals surface area contributed by atoms with Gasteiger partial charge < -0.3 is 10.2 Å². The number of nitrogens with zero attached hydrogens (tertiary/aromatic N) is 2. The van der Waals surface area contributed by atoms with E-state index in [0.29, 0.717) is 11.1 Å².